The molecular weight excluding hydrogens is 288 g/mol. The van der Waals surface area contributed by atoms with Crippen molar-refractivity contribution < 1.29 is 4.79 Å². The summed E-state index contributed by atoms with van der Waals surface area (Å²) in [5, 5.41) is 0. The summed E-state index contributed by atoms with van der Waals surface area (Å²) in [6.07, 6.45) is 0. The van der Waals surface area contributed by atoms with Crippen LogP contribution in [-0.2, 0) is 0 Å². The molecule has 2 N–H and O–H groups in total. The number of nitrogens with two attached hydrogens (primary N) is 1. The summed E-state index contributed by atoms with van der Waals surface area (Å²) in [6.45, 7) is 5.53. The summed E-state index contributed by atoms with van der Waals surface area (Å²) >= 11 is 4.94. The maximum Gasteiger partial charge on any atom is 0.264 e. The molecule has 5 heteroatoms. The number of carbonyl (C=O) groups is 1. The number of hydrogen-bond acceptors (Lipinski definition) is 3. The molecule has 0 bridgehead atoms. The summed E-state index contributed by atoms with van der Waals surface area (Å²) in [5.41, 5.74) is 7.04. The average molecular weight is 303 g/mol. The summed E-state index contributed by atoms with van der Waals surface area (Å²) in [7, 11) is 0. The second-order valence-electron chi connectivity index (χ2n) is 4.42. The second-order valence-corrected chi connectivity index (χ2v) is 6.79. The van der Waals surface area contributed by atoms with E-state index in [1.807, 2.05) is 17.9 Å². The van der Waals surface area contributed by atoms with Gasteiger partial charge in [-0.1, -0.05) is 6.92 Å². The number of nitrogens with zero attached hydrogens (tertiary/aromatic N) is 1. The van der Waals surface area contributed by atoms with Gasteiger partial charge in [-0.3, -0.25) is 4.79 Å². The number of carbonyl (C=O) groups excluding carboxylic acids is 1. The van der Waals surface area contributed by atoms with Gasteiger partial charge in [0.15, 0.2) is 0 Å². The minimum Gasteiger partial charge on any atom is -0.336 e. The Morgan fingerprint density at radius 1 is 1.62 bits per heavy atom. The minimum atomic E-state index is 0.110. The van der Waals surface area contributed by atoms with Crippen LogP contribution in [0.5, 0.6) is 0 Å². The molecule has 0 saturated carbocycles. The molecule has 1 aromatic heterocycles. The van der Waals surface area contributed by atoms with Crippen molar-refractivity contribution in [3.63, 3.8) is 0 Å². The molecular formula is C11H15BrN2OS. The van der Waals surface area contributed by atoms with Crippen LogP contribution in [-0.4, -0.2) is 29.9 Å². The molecule has 1 aromatic rings. The van der Waals surface area contributed by atoms with Crippen LogP contribution in [0.1, 0.15) is 22.2 Å². The molecule has 2 heterocycles. The van der Waals surface area contributed by atoms with Crippen molar-refractivity contribution in [2.45, 2.75) is 19.9 Å². The monoisotopic (exact) mass is 302 g/mol. The van der Waals surface area contributed by atoms with Crippen LogP contribution in [0, 0.1) is 12.8 Å². The van der Waals surface area contributed by atoms with Gasteiger partial charge < -0.3 is 10.6 Å². The number of aryl methyl sites for hydroxylation is 1. The third-order valence-electron chi connectivity index (χ3n) is 3.03. The largest absolute Gasteiger partial charge is 0.336 e. The van der Waals surface area contributed by atoms with Gasteiger partial charge in [-0.2, -0.15) is 0 Å². The predicted molar refractivity (Wildman–Crippen MR) is 69.8 cm³/mol. The molecule has 2 rings (SSSR count). The van der Waals surface area contributed by atoms with Crippen molar-refractivity contribution in [3.05, 3.63) is 20.3 Å². The lowest BCUT2D eigenvalue weighted by Gasteiger charge is -2.14. The fourth-order valence-electron chi connectivity index (χ4n) is 1.88. The number of likely N-dealkylation sites (tertiary alicyclic amines) is 1. The smallest absolute Gasteiger partial charge is 0.264 e. The Balaban J connectivity index is 2.14. The molecule has 0 aromatic carbocycles. The van der Waals surface area contributed by atoms with E-state index in [1.165, 1.54) is 11.3 Å². The lowest BCUT2D eigenvalue weighted by atomic mass is 10.1. The molecule has 0 radical (unpaired) electrons. The molecule has 1 saturated heterocycles. The maximum absolute atomic E-state index is 12.2. The molecule has 1 aliphatic rings. The first-order valence-electron chi connectivity index (χ1n) is 5.30. The van der Waals surface area contributed by atoms with Crippen molar-refractivity contribution in [2.24, 2.45) is 11.7 Å². The highest BCUT2D eigenvalue weighted by atomic mass is 79.9. The van der Waals surface area contributed by atoms with Gasteiger partial charge in [0.1, 0.15) is 0 Å². The Kier molecular flexibility index (Phi) is 3.37. The van der Waals surface area contributed by atoms with Crippen molar-refractivity contribution in [1.82, 2.24) is 4.90 Å². The topological polar surface area (TPSA) is 46.3 Å². The van der Waals surface area contributed by atoms with Crippen LogP contribution in [0.2, 0.25) is 0 Å². The zero-order valence-electron chi connectivity index (χ0n) is 9.37. The highest BCUT2D eigenvalue weighted by molar-refractivity contribution is 9.11. The highest BCUT2D eigenvalue weighted by Crippen LogP contribution is 2.29. The van der Waals surface area contributed by atoms with E-state index in [0.717, 1.165) is 20.8 Å². The number of amides is 1. The average Bonchev–Trinajstić information content (AvgIpc) is 2.72. The first kappa shape index (κ1) is 12.1. The molecule has 88 valence electrons. The van der Waals surface area contributed by atoms with Gasteiger partial charge in [0.2, 0.25) is 0 Å². The van der Waals surface area contributed by atoms with Crippen LogP contribution in [0.15, 0.2) is 9.85 Å². The van der Waals surface area contributed by atoms with Crippen molar-refractivity contribution in [1.29, 1.82) is 0 Å². The lowest BCUT2D eigenvalue weighted by Crippen LogP contribution is -2.31. The van der Waals surface area contributed by atoms with Crippen LogP contribution in [0.4, 0.5) is 0 Å². The first-order chi connectivity index (χ1) is 7.49. The number of rotatable bonds is 1. The van der Waals surface area contributed by atoms with E-state index >= 15 is 0 Å². The van der Waals surface area contributed by atoms with Gasteiger partial charge in [-0.25, -0.2) is 0 Å². The third-order valence-corrected chi connectivity index (χ3v) is 5.15. The van der Waals surface area contributed by atoms with Crippen molar-refractivity contribution in [3.8, 4) is 0 Å². The van der Waals surface area contributed by atoms with Crippen LogP contribution in [0.25, 0.3) is 0 Å². The molecule has 2 atom stereocenters. The van der Waals surface area contributed by atoms with Gasteiger partial charge >= 0.3 is 0 Å². The molecule has 16 heavy (non-hydrogen) atoms. The second kappa shape index (κ2) is 4.47. The fourth-order valence-corrected chi connectivity index (χ4v) is 3.38. The normalized spacial score (nSPS) is 25.1. The van der Waals surface area contributed by atoms with E-state index in [4.69, 9.17) is 5.73 Å². The van der Waals surface area contributed by atoms with Crippen LogP contribution >= 0.6 is 27.3 Å². The van der Waals surface area contributed by atoms with E-state index < -0.39 is 0 Å². The van der Waals surface area contributed by atoms with Crippen LogP contribution in [0.3, 0.4) is 0 Å². The minimum absolute atomic E-state index is 0.110. The van der Waals surface area contributed by atoms with Crippen molar-refractivity contribution >= 4 is 33.2 Å². The zero-order valence-corrected chi connectivity index (χ0v) is 11.8. The molecule has 2 unspecified atom stereocenters. The van der Waals surface area contributed by atoms with E-state index in [9.17, 15) is 4.79 Å². The van der Waals surface area contributed by atoms with Gasteiger partial charge in [0, 0.05) is 19.1 Å². The van der Waals surface area contributed by atoms with Gasteiger partial charge in [0.25, 0.3) is 5.91 Å². The number of halogens is 1. The summed E-state index contributed by atoms with van der Waals surface area (Å²) in [4.78, 5) is 14.8. The Morgan fingerprint density at radius 2 is 2.31 bits per heavy atom. The predicted octanol–water partition coefficient (Wildman–Crippen LogP) is 2.24. The molecule has 1 fully saturated rings. The van der Waals surface area contributed by atoms with Crippen molar-refractivity contribution in [2.75, 3.05) is 13.1 Å². The summed E-state index contributed by atoms with van der Waals surface area (Å²) in [5.74, 6) is 0.507. The third kappa shape index (κ3) is 2.17. The molecule has 0 spiro atoms. The summed E-state index contributed by atoms with van der Waals surface area (Å²) < 4.78 is 1.03. The lowest BCUT2D eigenvalue weighted by molar-refractivity contribution is 0.0791. The highest BCUT2D eigenvalue weighted by Gasteiger charge is 2.31. The number of thiophene rings is 1. The number of hydrogen-bond donors (Lipinski definition) is 1. The van der Waals surface area contributed by atoms with Gasteiger partial charge in [0.05, 0.1) is 8.66 Å². The Hall–Kier alpha value is -0.390. The Morgan fingerprint density at radius 3 is 2.75 bits per heavy atom. The Bertz CT molecular complexity index is 389. The maximum atomic E-state index is 12.2. The van der Waals surface area contributed by atoms with Crippen LogP contribution < -0.4 is 5.73 Å². The van der Waals surface area contributed by atoms with E-state index in [2.05, 4.69) is 22.9 Å². The van der Waals surface area contributed by atoms with Gasteiger partial charge in [-0.15, -0.1) is 11.3 Å². The molecule has 0 aliphatic carbocycles. The zero-order chi connectivity index (χ0) is 11.9. The standard InChI is InChI=1S/C11H15BrN2OS/c1-6-3-9(16-10(6)12)11(15)14-4-7(2)8(13)5-14/h3,7-8H,4-5,13H2,1-2H3. The summed E-state index contributed by atoms with van der Waals surface area (Å²) in [6, 6.07) is 2.06. The SMILES string of the molecule is Cc1cc(C(=O)N2CC(C)C(N)C2)sc1Br. The molecule has 3 nitrogen and oxygen atoms in total. The molecule has 1 aliphatic heterocycles. The Labute approximate surface area is 108 Å². The van der Waals surface area contributed by atoms with E-state index in [1.54, 1.807) is 0 Å². The van der Waals surface area contributed by atoms with E-state index in [0.29, 0.717) is 12.5 Å². The van der Waals surface area contributed by atoms with E-state index in [-0.39, 0.29) is 11.9 Å². The molecule has 1 amide bonds. The first-order valence-corrected chi connectivity index (χ1v) is 6.90. The van der Waals surface area contributed by atoms with Gasteiger partial charge in [-0.05, 0) is 40.4 Å². The quantitative estimate of drug-likeness (QED) is 0.865. The fraction of sp³-hybridized carbons (Fsp3) is 0.545.